The summed E-state index contributed by atoms with van der Waals surface area (Å²) in [6, 6.07) is 0. The molecule has 0 heterocycles. The highest BCUT2D eigenvalue weighted by Crippen LogP contribution is 2.47. The maximum Gasteiger partial charge on any atom is 0.0462 e. The van der Waals surface area contributed by atoms with Gasteiger partial charge in [0.1, 0.15) is 0 Å². The molecule has 1 rings (SSSR count). The van der Waals surface area contributed by atoms with E-state index in [9.17, 15) is 5.11 Å². The van der Waals surface area contributed by atoms with Crippen molar-refractivity contribution in [2.45, 2.75) is 47.0 Å². The zero-order chi connectivity index (χ0) is 12.3. The van der Waals surface area contributed by atoms with E-state index in [1.54, 1.807) is 0 Å². The fourth-order valence-corrected chi connectivity index (χ4v) is 2.66. The lowest BCUT2D eigenvalue weighted by Crippen LogP contribution is -2.23. The van der Waals surface area contributed by atoms with Crippen LogP contribution in [0, 0.1) is 17.3 Å². The van der Waals surface area contributed by atoms with Gasteiger partial charge in [-0.05, 0) is 37.0 Å². The largest absolute Gasteiger partial charge is 0.396 e. The Morgan fingerprint density at radius 2 is 2.25 bits per heavy atom. The van der Waals surface area contributed by atoms with Gasteiger partial charge >= 0.3 is 0 Å². The molecular weight excluding hydrogens is 196 g/mol. The summed E-state index contributed by atoms with van der Waals surface area (Å²) in [5.41, 5.74) is 3.06. The molecule has 0 amide bonds. The summed E-state index contributed by atoms with van der Waals surface area (Å²) in [4.78, 5) is 0. The Bertz CT molecular complexity index is 282. The van der Waals surface area contributed by atoms with E-state index < -0.39 is 0 Å². The van der Waals surface area contributed by atoms with Crippen molar-refractivity contribution in [3.8, 4) is 0 Å². The highest BCUT2D eigenvalue weighted by Gasteiger charge is 2.36. The second-order valence-corrected chi connectivity index (χ2v) is 5.72. The summed E-state index contributed by atoms with van der Waals surface area (Å²) in [5, 5.41) is 9.25. The third-order valence-corrected chi connectivity index (χ3v) is 4.43. The molecule has 92 valence electrons. The van der Waals surface area contributed by atoms with Gasteiger partial charge in [0.2, 0.25) is 0 Å². The third-order valence-electron chi connectivity index (χ3n) is 4.43. The number of aliphatic hydroxyl groups is 1. The molecule has 2 atom stereocenters. The van der Waals surface area contributed by atoms with E-state index in [4.69, 9.17) is 0 Å². The monoisotopic (exact) mass is 222 g/mol. The summed E-state index contributed by atoms with van der Waals surface area (Å²) in [6.45, 7) is 13.5. The van der Waals surface area contributed by atoms with Gasteiger partial charge < -0.3 is 5.11 Å². The highest BCUT2D eigenvalue weighted by molar-refractivity contribution is 5.25. The zero-order valence-corrected chi connectivity index (χ0v) is 11.2. The molecule has 16 heavy (non-hydrogen) atoms. The topological polar surface area (TPSA) is 20.2 Å². The molecule has 0 aliphatic heterocycles. The van der Waals surface area contributed by atoms with Gasteiger partial charge in [-0.25, -0.2) is 0 Å². The van der Waals surface area contributed by atoms with E-state index in [0.717, 1.165) is 19.3 Å². The fraction of sp³-hybridized carbons (Fsp3) is 0.733. The first-order valence-corrected chi connectivity index (χ1v) is 6.39. The highest BCUT2D eigenvalue weighted by atomic mass is 16.3. The minimum absolute atomic E-state index is 0.255. The van der Waals surface area contributed by atoms with Crippen molar-refractivity contribution in [2.24, 2.45) is 17.3 Å². The van der Waals surface area contributed by atoms with E-state index in [1.165, 1.54) is 11.1 Å². The third kappa shape index (κ3) is 2.57. The van der Waals surface area contributed by atoms with Crippen LogP contribution >= 0.6 is 0 Å². The second-order valence-electron chi connectivity index (χ2n) is 5.72. The quantitative estimate of drug-likeness (QED) is 0.698. The molecule has 1 aliphatic rings. The smallest absolute Gasteiger partial charge is 0.0462 e. The van der Waals surface area contributed by atoms with Crippen molar-refractivity contribution >= 4 is 0 Å². The van der Waals surface area contributed by atoms with Crippen molar-refractivity contribution in [2.75, 3.05) is 6.61 Å². The van der Waals surface area contributed by atoms with Gasteiger partial charge in [-0.1, -0.05) is 51.0 Å². The van der Waals surface area contributed by atoms with Crippen LogP contribution in [0.5, 0.6) is 0 Å². The lowest BCUT2D eigenvalue weighted by atomic mass is 9.72. The minimum Gasteiger partial charge on any atom is -0.396 e. The van der Waals surface area contributed by atoms with Crippen LogP contribution in [0.2, 0.25) is 0 Å². The molecule has 0 saturated carbocycles. The fourth-order valence-electron chi connectivity index (χ4n) is 2.66. The van der Waals surface area contributed by atoms with Crippen LogP contribution in [-0.2, 0) is 0 Å². The van der Waals surface area contributed by atoms with Gasteiger partial charge in [0.15, 0.2) is 0 Å². The Labute approximate surface area is 100 Å². The van der Waals surface area contributed by atoms with Gasteiger partial charge in [0.05, 0.1) is 0 Å². The maximum atomic E-state index is 9.25. The van der Waals surface area contributed by atoms with Crippen LogP contribution in [0.15, 0.2) is 23.8 Å². The Hall–Kier alpha value is -0.560. The number of hydrogen-bond acceptors (Lipinski definition) is 1. The summed E-state index contributed by atoms with van der Waals surface area (Å²) in [6.07, 6.45) is 5.48. The van der Waals surface area contributed by atoms with Crippen LogP contribution in [0.3, 0.4) is 0 Å². The van der Waals surface area contributed by atoms with Crippen LogP contribution in [0.25, 0.3) is 0 Å². The second kappa shape index (κ2) is 5.18. The summed E-state index contributed by atoms with van der Waals surface area (Å²) in [7, 11) is 0. The van der Waals surface area contributed by atoms with Crippen LogP contribution in [0.4, 0.5) is 0 Å². The first-order valence-electron chi connectivity index (χ1n) is 6.39. The average molecular weight is 222 g/mol. The molecule has 0 fully saturated rings. The molecule has 0 aromatic rings. The maximum absolute atomic E-state index is 9.25. The Balaban J connectivity index is 2.63. The molecule has 0 bridgehead atoms. The van der Waals surface area contributed by atoms with E-state index in [1.807, 2.05) is 0 Å². The molecule has 1 heteroatoms. The Morgan fingerprint density at radius 1 is 1.62 bits per heavy atom. The van der Waals surface area contributed by atoms with Gasteiger partial charge in [-0.15, -0.1) is 0 Å². The molecule has 0 radical (unpaired) electrons. The molecule has 2 unspecified atom stereocenters. The van der Waals surface area contributed by atoms with Crippen molar-refractivity contribution < 1.29 is 5.11 Å². The predicted octanol–water partition coefficient (Wildman–Crippen LogP) is 3.94. The van der Waals surface area contributed by atoms with Gasteiger partial charge in [-0.2, -0.15) is 0 Å². The van der Waals surface area contributed by atoms with Crippen molar-refractivity contribution in [3.63, 3.8) is 0 Å². The first-order chi connectivity index (χ1) is 7.43. The van der Waals surface area contributed by atoms with E-state index in [0.29, 0.717) is 11.8 Å². The summed E-state index contributed by atoms with van der Waals surface area (Å²) >= 11 is 0. The lowest BCUT2D eigenvalue weighted by Gasteiger charge is -2.32. The molecule has 1 aliphatic carbocycles. The van der Waals surface area contributed by atoms with Gasteiger partial charge in [0, 0.05) is 6.61 Å². The predicted molar refractivity (Wildman–Crippen MR) is 70.3 cm³/mol. The Morgan fingerprint density at radius 3 is 2.62 bits per heavy atom. The molecule has 0 spiro atoms. The molecule has 0 aromatic carbocycles. The van der Waals surface area contributed by atoms with Gasteiger partial charge in [0.25, 0.3) is 0 Å². The number of rotatable bonds is 5. The lowest BCUT2D eigenvalue weighted by molar-refractivity contribution is 0.214. The SMILES string of the molecule is C=C(CC(CC)CO)C1CC=C(C)C1(C)C. The van der Waals surface area contributed by atoms with Crippen molar-refractivity contribution in [1.29, 1.82) is 0 Å². The normalized spacial score (nSPS) is 25.3. The van der Waals surface area contributed by atoms with E-state index in [-0.39, 0.29) is 12.0 Å². The van der Waals surface area contributed by atoms with E-state index in [2.05, 4.69) is 40.3 Å². The molecule has 1 N–H and O–H groups in total. The first kappa shape index (κ1) is 13.5. The average Bonchev–Trinajstić information content (AvgIpc) is 2.50. The number of aliphatic hydroxyl groups excluding tert-OH is 1. The zero-order valence-electron chi connectivity index (χ0n) is 11.2. The molecule has 1 nitrogen and oxygen atoms in total. The minimum atomic E-state index is 0.255. The van der Waals surface area contributed by atoms with Crippen LogP contribution in [-0.4, -0.2) is 11.7 Å². The van der Waals surface area contributed by atoms with Crippen molar-refractivity contribution in [1.82, 2.24) is 0 Å². The summed E-state index contributed by atoms with van der Waals surface area (Å²) in [5.74, 6) is 0.956. The molecular formula is C15H26O. The van der Waals surface area contributed by atoms with Gasteiger partial charge in [-0.3, -0.25) is 0 Å². The number of allylic oxidation sites excluding steroid dienone is 3. The molecule has 0 aromatic heterocycles. The summed E-state index contributed by atoms with van der Waals surface area (Å²) < 4.78 is 0. The number of hydrogen-bond donors (Lipinski definition) is 1. The van der Waals surface area contributed by atoms with Crippen LogP contribution in [0.1, 0.15) is 47.0 Å². The van der Waals surface area contributed by atoms with E-state index >= 15 is 0 Å². The molecule has 0 saturated heterocycles. The standard InChI is InChI=1S/C15H26O/c1-6-13(10-16)9-11(2)14-8-7-12(3)15(14,4)5/h7,13-14,16H,2,6,8-10H2,1,3-5H3. The van der Waals surface area contributed by atoms with Crippen LogP contribution < -0.4 is 0 Å². The van der Waals surface area contributed by atoms with Crippen molar-refractivity contribution in [3.05, 3.63) is 23.8 Å². The Kier molecular flexibility index (Phi) is 4.37.